The molecule has 1 unspecified atom stereocenters. The number of nitrogens with one attached hydrogen (secondary N) is 1. The van der Waals surface area contributed by atoms with Crippen LogP contribution in [-0.4, -0.2) is 19.8 Å². The van der Waals surface area contributed by atoms with E-state index in [4.69, 9.17) is 4.74 Å². The molecule has 0 amide bonds. The van der Waals surface area contributed by atoms with Crippen molar-refractivity contribution in [1.29, 1.82) is 0 Å². The first-order chi connectivity index (χ1) is 7.26. The van der Waals surface area contributed by atoms with Crippen molar-refractivity contribution in [2.75, 3.05) is 13.7 Å². The summed E-state index contributed by atoms with van der Waals surface area (Å²) in [5, 5.41) is 3.41. The van der Waals surface area contributed by atoms with Crippen LogP contribution in [0.15, 0.2) is 24.3 Å². The topological polar surface area (TPSA) is 21.3 Å². The maximum absolute atomic E-state index is 5.07. The quantitative estimate of drug-likeness (QED) is 0.773. The van der Waals surface area contributed by atoms with Gasteiger partial charge in [-0.2, -0.15) is 0 Å². The standard InChI is InChI=1S/C13H21NO/c1-4-12-5-7-13(8-6-12)9-14-11(2)10-15-3/h5-8,11,14H,4,9-10H2,1-3H3. The second kappa shape index (κ2) is 6.59. The Balaban J connectivity index is 2.37. The highest BCUT2D eigenvalue weighted by Crippen LogP contribution is 2.04. The van der Waals surface area contributed by atoms with Crippen LogP contribution in [0.5, 0.6) is 0 Å². The van der Waals surface area contributed by atoms with Crippen LogP contribution in [0.4, 0.5) is 0 Å². The summed E-state index contributed by atoms with van der Waals surface area (Å²) in [6.45, 7) is 5.97. The maximum Gasteiger partial charge on any atom is 0.0613 e. The van der Waals surface area contributed by atoms with Gasteiger partial charge in [0.25, 0.3) is 0 Å². The Kier molecular flexibility index (Phi) is 5.37. The van der Waals surface area contributed by atoms with Crippen LogP contribution < -0.4 is 5.32 Å². The second-order valence-corrected chi connectivity index (χ2v) is 3.91. The lowest BCUT2D eigenvalue weighted by Gasteiger charge is -2.12. The van der Waals surface area contributed by atoms with Crippen molar-refractivity contribution in [3.8, 4) is 0 Å². The van der Waals surface area contributed by atoms with Crippen molar-refractivity contribution in [3.63, 3.8) is 0 Å². The van der Waals surface area contributed by atoms with Crippen molar-refractivity contribution >= 4 is 0 Å². The van der Waals surface area contributed by atoms with E-state index in [1.807, 2.05) is 0 Å². The molecule has 1 atom stereocenters. The van der Waals surface area contributed by atoms with Crippen LogP contribution in [0, 0.1) is 0 Å². The van der Waals surface area contributed by atoms with Crippen LogP contribution in [0.1, 0.15) is 25.0 Å². The van der Waals surface area contributed by atoms with Crippen molar-refractivity contribution < 1.29 is 4.74 Å². The van der Waals surface area contributed by atoms with Crippen LogP contribution in [-0.2, 0) is 17.7 Å². The molecule has 0 aliphatic heterocycles. The molecule has 0 aromatic heterocycles. The average Bonchev–Trinajstić information content (AvgIpc) is 2.27. The number of rotatable bonds is 6. The number of aryl methyl sites for hydroxylation is 1. The van der Waals surface area contributed by atoms with E-state index in [-0.39, 0.29) is 0 Å². The lowest BCUT2D eigenvalue weighted by Crippen LogP contribution is -2.29. The molecule has 0 radical (unpaired) electrons. The van der Waals surface area contributed by atoms with E-state index < -0.39 is 0 Å². The van der Waals surface area contributed by atoms with Gasteiger partial charge < -0.3 is 10.1 Å². The zero-order valence-corrected chi connectivity index (χ0v) is 9.92. The zero-order chi connectivity index (χ0) is 11.1. The molecule has 0 aliphatic carbocycles. The molecule has 2 heteroatoms. The highest BCUT2D eigenvalue weighted by molar-refractivity contribution is 5.22. The Morgan fingerprint density at radius 3 is 2.33 bits per heavy atom. The highest BCUT2D eigenvalue weighted by atomic mass is 16.5. The summed E-state index contributed by atoms with van der Waals surface area (Å²) >= 11 is 0. The SMILES string of the molecule is CCc1ccc(CNC(C)COC)cc1. The normalized spacial score (nSPS) is 12.7. The third-order valence-electron chi connectivity index (χ3n) is 2.50. The van der Waals surface area contributed by atoms with Gasteiger partial charge in [-0.1, -0.05) is 31.2 Å². The van der Waals surface area contributed by atoms with E-state index in [0.29, 0.717) is 6.04 Å². The number of hydrogen-bond acceptors (Lipinski definition) is 2. The number of hydrogen-bond donors (Lipinski definition) is 1. The van der Waals surface area contributed by atoms with Crippen LogP contribution >= 0.6 is 0 Å². The number of ether oxygens (including phenoxy) is 1. The fourth-order valence-electron chi connectivity index (χ4n) is 1.49. The van der Waals surface area contributed by atoms with Crippen LogP contribution in [0.2, 0.25) is 0 Å². The van der Waals surface area contributed by atoms with Gasteiger partial charge in [-0.3, -0.25) is 0 Å². The van der Waals surface area contributed by atoms with Gasteiger partial charge in [0.1, 0.15) is 0 Å². The Bertz CT molecular complexity index is 268. The fourth-order valence-corrected chi connectivity index (χ4v) is 1.49. The van der Waals surface area contributed by atoms with Crippen molar-refractivity contribution in [2.24, 2.45) is 0 Å². The molecule has 1 N–H and O–H groups in total. The second-order valence-electron chi connectivity index (χ2n) is 3.91. The van der Waals surface area contributed by atoms with Gasteiger partial charge in [0.15, 0.2) is 0 Å². The monoisotopic (exact) mass is 207 g/mol. The zero-order valence-electron chi connectivity index (χ0n) is 9.92. The first kappa shape index (κ1) is 12.2. The van der Waals surface area contributed by atoms with Gasteiger partial charge in [-0.25, -0.2) is 0 Å². The summed E-state index contributed by atoms with van der Waals surface area (Å²) < 4.78 is 5.07. The predicted octanol–water partition coefficient (Wildman–Crippen LogP) is 2.37. The molecule has 1 aromatic rings. The molecular weight excluding hydrogens is 186 g/mol. The molecule has 0 spiro atoms. The molecule has 0 fully saturated rings. The van der Waals surface area contributed by atoms with Crippen LogP contribution in [0.3, 0.4) is 0 Å². The number of benzene rings is 1. The fraction of sp³-hybridized carbons (Fsp3) is 0.538. The predicted molar refractivity (Wildman–Crippen MR) is 64.0 cm³/mol. The molecule has 84 valence electrons. The smallest absolute Gasteiger partial charge is 0.0613 e. The Hall–Kier alpha value is -0.860. The average molecular weight is 207 g/mol. The van der Waals surface area contributed by atoms with Gasteiger partial charge in [0.2, 0.25) is 0 Å². The van der Waals surface area contributed by atoms with E-state index in [2.05, 4.69) is 43.4 Å². The summed E-state index contributed by atoms with van der Waals surface area (Å²) in [5.74, 6) is 0. The third-order valence-corrected chi connectivity index (χ3v) is 2.50. The van der Waals surface area contributed by atoms with Gasteiger partial charge in [0, 0.05) is 19.7 Å². The summed E-state index contributed by atoms with van der Waals surface area (Å²) in [7, 11) is 1.73. The van der Waals surface area contributed by atoms with Crippen molar-refractivity contribution in [1.82, 2.24) is 5.32 Å². The molecule has 15 heavy (non-hydrogen) atoms. The minimum absolute atomic E-state index is 0.404. The largest absolute Gasteiger partial charge is 0.383 e. The summed E-state index contributed by atoms with van der Waals surface area (Å²) in [6, 6.07) is 9.16. The van der Waals surface area contributed by atoms with Crippen molar-refractivity contribution in [3.05, 3.63) is 35.4 Å². The Morgan fingerprint density at radius 1 is 1.20 bits per heavy atom. The minimum Gasteiger partial charge on any atom is -0.383 e. The van der Waals surface area contributed by atoms with Gasteiger partial charge in [-0.15, -0.1) is 0 Å². The van der Waals surface area contributed by atoms with E-state index in [1.54, 1.807) is 7.11 Å². The highest BCUT2D eigenvalue weighted by Gasteiger charge is 2.00. The van der Waals surface area contributed by atoms with E-state index in [0.717, 1.165) is 19.6 Å². The lowest BCUT2D eigenvalue weighted by molar-refractivity contribution is 0.171. The van der Waals surface area contributed by atoms with Crippen LogP contribution in [0.25, 0.3) is 0 Å². The number of methoxy groups -OCH3 is 1. The van der Waals surface area contributed by atoms with Gasteiger partial charge >= 0.3 is 0 Å². The van der Waals surface area contributed by atoms with E-state index >= 15 is 0 Å². The maximum atomic E-state index is 5.07. The summed E-state index contributed by atoms with van der Waals surface area (Å²) in [5.41, 5.74) is 2.72. The first-order valence-electron chi connectivity index (χ1n) is 5.56. The minimum atomic E-state index is 0.404. The van der Waals surface area contributed by atoms with E-state index in [9.17, 15) is 0 Å². The Morgan fingerprint density at radius 2 is 1.80 bits per heavy atom. The Labute approximate surface area is 92.6 Å². The molecular formula is C13H21NO. The molecule has 0 bridgehead atoms. The molecule has 2 nitrogen and oxygen atoms in total. The molecule has 0 heterocycles. The van der Waals surface area contributed by atoms with Gasteiger partial charge in [-0.05, 0) is 24.5 Å². The van der Waals surface area contributed by atoms with Gasteiger partial charge in [0.05, 0.1) is 6.61 Å². The molecule has 0 aliphatic rings. The lowest BCUT2D eigenvalue weighted by atomic mass is 10.1. The molecule has 1 aromatic carbocycles. The summed E-state index contributed by atoms with van der Waals surface area (Å²) in [4.78, 5) is 0. The molecule has 0 saturated carbocycles. The molecule has 1 rings (SSSR count). The third kappa shape index (κ3) is 4.45. The first-order valence-corrected chi connectivity index (χ1v) is 5.56. The molecule has 0 saturated heterocycles. The van der Waals surface area contributed by atoms with E-state index in [1.165, 1.54) is 11.1 Å². The summed E-state index contributed by atoms with van der Waals surface area (Å²) in [6.07, 6.45) is 1.10. The van der Waals surface area contributed by atoms with Crippen molar-refractivity contribution in [2.45, 2.75) is 32.9 Å².